The molecule has 0 unspecified atom stereocenters. The van der Waals surface area contributed by atoms with Crippen LogP contribution >= 0.6 is 0 Å². The fourth-order valence-electron chi connectivity index (χ4n) is 1.94. The topological polar surface area (TPSA) is 73.8 Å². The molecular formula is C11H20N4O. The molecule has 0 saturated carbocycles. The molecule has 0 aliphatic carbocycles. The Hall–Kier alpha value is -1.39. The molecule has 1 rings (SSSR count). The van der Waals surface area contributed by atoms with Gasteiger partial charge < -0.3 is 5.73 Å². The van der Waals surface area contributed by atoms with Crippen LogP contribution in [0.2, 0.25) is 0 Å². The smallest absolute Gasteiger partial charge is 0.223 e. The Balaban J connectivity index is 3.02. The molecule has 90 valence electrons. The van der Waals surface area contributed by atoms with Crippen LogP contribution in [0, 0.1) is 0 Å². The van der Waals surface area contributed by atoms with Crippen molar-refractivity contribution in [2.75, 3.05) is 0 Å². The molecule has 0 aromatic carbocycles. The second kappa shape index (κ2) is 5.63. The molecule has 5 heteroatoms. The van der Waals surface area contributed by atoms with Crippen LogP contribution in [-0.2, 0) is 17.6 Å². The molecule has 0 aliphatic heterocycles. The minimum absolute atomic E-state index is 0.184. The van der Waals surface area contributed by atoms with E-state index in [-0.39, 0.29) is 12.3 Å². The fraction of sp³-hybridized carbons (Fsp3) is 0.727. The normalized spacial score (nSPS) is 11.0. The van der Waals surface area contributed by atoms with E-state index in [0.29, 0.717) is 6.04 Å². The van der Waals surface area contributed by atoms with Gasteiger partial charge in [0.15, 0.2) is 0 Å². The van der Waals surface area contributed by atoms with E-state index >= 15 is 0 Å². The average Bonchev–Trinajstić information content (AvgIpc) is 2.62. The van der Waals surface area contributed by atoms with Gasteiger partial charge in [0.25, 0.3) is 0 Å². The summed E-state index contributed by atoms with van der Waals surface area (Å²) in [4.78, 5) is 10.9. The number of hydrogen-bond donors (Lipinski definition) is 1. The number of amides is 1. The van der Waals surface area contributed by atoms with Crippen LogP contribution in [0.5, 0.6) is 0 Å². The van der Waals surface area contributed by atoms with Gasteiger partial charge in [-0.3, -0.25) is 4.79 Å². The van der Waals surface area contributed by atoms with Gasteiger partial charge in [-0.05, 0) is 19.3 Å². The number of carbonyl (C=O) groups excluding carboxylic acids is 1. The Morgan fingerprint density at radius 3 is 2.44 bits per heavy atom. The minimum atomic E-state index is -0.355. The summed E-state index contributed by atoms with van der Waals surface area (Å²) in [6.07, 6.45) is 3.04. The van der Waals surface area contributed by atoms with Gasteiger partial charge in [-0.1, -0.05) is 26.0 Å². The van der Waals surface area contributed by atoms with Gasteiger partial charge >= 0.3 is 0 Å². The van der Waals surface area contributed by atoms with E-state index in [1.807, 2.05) is 11.6 Å². The number of aromatic nitrogens is 3. The molecule has 0 spiro atoms. The lowest BCUT2D eigenvalue weighted by Gasteiger charge is -2.15. The third-order valence-electron chi connectivity index (χ3n) is 2.84. The van der Waals surface area contributed by atoms with E-state index in [9.17, 15) is 4.79 Å². The third-order valence-corrected chi connectivity index (χ3v) is 2.84. The van der Waals surface area contributed by atoms with E-state index in [1.165, 1.54) is 0 Å². The lowest BCUT2D eigenvalue weighted by atomic mass is 10.1. The molecule has 0 fully saturated rings. The molecule has 16 heavy (non-hydrogen) atoms. The Kier molecular flexibility index (Phi) is 4.46. The second-order valence-electron chi connectivity index (χ2n) is 3.89. The number of nitrogens with zero attached hydrogens (tertiary/aromatic N) is 3. The predicted molar refractivity (Wildman–Crippen MR) is 61.9 cm³/mol. The molecule has 0 radical (unpaired) electrons. The summed E-state index contributed by atoms with van der Waals surface area (Å²) < 4.78 is 1.94. The highest BCUT2D eigenvalue weighted by atomic mass is 16.1. The molecule has 5 nitrogen and oxygen atoms in total. The molecule has 1 amide bonds. The highest BCUT2D eigenvalue weighted by Gasteiger charge is 2.17. The van der Waals surface area contributed by atoms with E-state index in [0.717, 1.165) is 30.7 Å². The zero-order chi connectivity index (χ0) is 12.1. The maximum Gasteiger partial charge on any atom is 0.223 e. The van der Waals surface area contributed by atoms with Crippen molar-refractivity contribution in [2.24, 2.45) is 5.73 Å². The summed E-state index contributed by atoms with van der Waals surface area (Å²) in [5, 5.41) is 8.20. The Morgan fingerprint density at radius 2 is 2.00 bits per heavy atom. The van der Waals surface area contributed by atoms with Gasteiger partial charge in [0.05, 0.1) is 23.9 Å². The SMILES string of the molecule is CCc1c(CC(N)=O)nnn1C(CC)CC. The Labute approximate surface area is 96.0 Å². The van der Waals surface area contributed by atoms with Gasteiger partial charge in [0, 0.05) is 0 Å². The molecule has 1 aromatic rings. The van der Waals surface area contributed by atoms with Crippen LogP contribution in [0.25, 0.3) is 0 Å². The highest BCUT2D eigenvalue weighted by Crippen LogP contribution is 2.19. The summed E-state index contributed by atoms with van der Waals surface area (Å²) in [6.45, 7) is 6.30. The van der Waals surface area contributed by atoms with E-state index in [2.05, 4.69) is 24.2 Å². The first-order valence-electron chi connectivity index (χ1n) is 5.85. The van der Waals surface area contributed by atoms with Crippen LogP contribution in [0.1, 0.15) is 51.0 Å². The largest absolute Gasteiger partial charge is 0.369 e. The predicted octanol–water partition coefficient (Wildman–Crippen LogP) is 1.23. The summed E-state index contributed by atoms with van der Waals surface area (Å²) >= 11 is 0. The summed E-state index contributed by atoms with van der Waals surface area (Å²) in [6, 6.07) is 0.365. The van der Waals surface area contributed by atoms with Gasteiger partial charge in [-0.15, -0.1) is 5.10 Å². The van der Waals surface area contributed by atoms with Gasteiger partial charge in [0.2, 0.25) is 5.91 Å². The molecule has 0 bridgehead atoms. The van der Waals surface area contributed by atoms with Gasteiger partial charge in [-0.25, -0.2) is 4.68 Å². The summed E-state index contributed by atoms with van der Waals surface area (Å²) in [7, 11) is 0. The van der Waals surface area contributed by atoms with Crippen LogP contribution in [0.4, 0.5) is 0 Å². The molecule has 0 saturated heterocycles. The van der Waals surface area contributed by atoms with Crippen molar-refractivity contribution in [3.8, 4) is 0 Å². The van der Waals surface area contributed by atoms with Crippen molar-refractivity contribution in [3.63, 3.8) is 0 Å². The molecular weight excluding hydrogens is 204 g/mol. The molecule has 0 aliphatic rings. The fourth-order valence-corrected chi connectivity index (χ4v) is 1.94. The molecule has 2 N–H and O–H groups in total. The number of rotatable bonds is 6. The van der Waals surface area contributed by atoms with Crippen LogP contribution in [-0.4, -0.2) is 20.9 Å². The van der Waals surface area contributed by atoms with Crippen molar-refractivity contribution in [3.05, 3.63) is 11.4 Å². The Morgan fingerprint density at radius 1 is 1.38 bits per heavy atom. The van der Waals surface area contributed by atoms with Crippen molar-refractivity contribution < 1.29 is 4.79 Å². The first-order chi connectivity index (χ1) is 7.63. The zero-order valence-corrected chi connectivity index (χ0v) is 10.2. The maximum atomic E-state index is 10.9. The molecule has 1 aromatic heterocycles. The summed E-state index contributed by atoms with van der Waals surface area (Å²) in [5.41, 5.74) is 6.94. The molecule has 0 atom stereocenters. The first kappa shape index (κ1) is 12.7. The average molecular weight is 224 g/mol. The van der Waals surface area contributed by atoms with Crippen molar-refractivity contribution >= 4 is 5.91 Å². The van der Waals surface area contributed by atoms with Crippen molar-refractivity contribution in [1.29, 1.82) is 0 Å². The second-order valence-corrected chi connectivity index (χ2v) is 3.89. The van der Waals surface area contributed by atoms with Gasteiger partial charge in [-0.2, -0.15) is 0 Å². The highest BCUT2D eigenvalue weighted by molar-refractivity contribution is 5.76. The van der Waals surface area contributed by atoms with Crippen molar-refractivity contribution in [2.45, 2.75) is 52.5 Å². The minimum Gasteiger partial charge on any atom is -0.369 e. The Bertz CT molecular complexity index is 355. The lowest BCUT2D eigenvalue weighted by molar-refractivity contribution is -0.117. The maximum absolute atomic E-state index is 10.9. The monoisotopic (exact) mass is 224 g/mol. The number of carbonyl (C=O) groups is 1. The van der Waals surface area contributed by atoms with E-state index in [1.54, 1.807) is 0 Å². The molecule has 1 heterocycles. The standard InChI is InChI=1S/C11H20N4O/c1-4-8(5-2)15-10(6-3)9(13-14-15)7-11(12)16/h8H,4-7H2,1-3H3,(H2,12,16). The quantitative estimate of drug-likeness (QED) is 0.789. The number of hydrogen-bond acceptors (Lipinski definition) is 3. The summed E-state index contributed by atoms with van der Waals surface area (Å²) in [5.74, 6) is -0.355. The van der Waals surface area contributed by atoms with Crippen LogP contribution in [0.3, 0.4) is 0 Å². The van der Waals surface area contributed by atoms with Crippen LogP contribution in [0.15, 0.2) is 0 Å². The van der Waals surface area contributed by atoms with E-state index in [4.69, 9.17) is 5.73 Å². The zero-order valence-electron chi connectivity index (χ0n) is 10.2. The number of primary amides is 1. The lowest BCUT2D eigenvalue weighted by Crippen LogP contribution is -2.16. The third kappa shape index (κ3) is 2.59. The van der Waals surface area contributed by atoms with Gasteiger partial charge in [0.1, 0.15) is 0 Å². The van der Waals surface area contributed by atoms with E-state index < -0.39 is 0 Å². The first-order valence-corrected chi connectivity index (χ1v) is 5.85. The van der Waals surface area contributed by atoms with Crippen LogP contribution < -0.4 is 5.73 Å². The number of nitrogens with two attached hydrogens (primary N) is 1. The van der Waals surface area contributed by atoms with Crippen molar-refractivity contribution in [1.82, 2.24) is 15.0 Å².